The summed E-state index contributed by atoms with van der Waals surface area (Å²) >= 11 is 0. The number of aliphatic hydroxyl groups excluding tert-OH is 1. The Morgan fingerprint density at radius 1 is 0.574 bits per heavy atom. The molecule has 5 atom stereocenters. The number of nitrogens with two attached hydrogens (primary N) is 4. The van der Waals surface area contributed by atoms with E-state index in [0.717, 1.165) is 25.7 Å². The van der Waals surface area contributed by atoms with E-state index in [0.29, 0.717) is 70.9 Å². The minimum Gasteiger partial charge on any atom is -0.394 e. The first-order valence-electron chi connectivity index (χ1n) is 23.7. The van der Waals surface area contributed by atoms with Gasteiger partial charge < -0.3 is 44.0 Å². The van der Waals surface area contributed by atoms with Gasteiger partial charge in [-0.3, -0.25) is 33.8 Å². The first-order chi connectivity index (χ1) is 29.2. The normalized spacial score (nSPS) is 13.8. The van der Waals surface area contributed by atoms with Crippen LogP contribution in [0.25, 0.3) is 0 Å². The number of unbranched alkanes of at least 4 members (excludes halogenated alkanes) is 14. The van der Waals surface area contributed by atoms with E-state index >= 15 is 0 Å². The van der Waals surface area contributed by atoms with Gasteiger partial charge in [-0.25, -0.2) is 0 Å². The number of nitrogens with zero attached hydrogens (tertiary/aromatic N) is 1. The fraction of sp³-hybridized carbons (Fsp3) is 0.848. The molecule has 354 valence electrons. The highest BCUT2D eigenvalue weighted by Gasteiger charge is 2.33. The molecule has 0 saturated heterocycles. The number of nitrogens with one attached hydrogen (secondary N) is 3. The zero-order valence-corrected chi connectivity index (χ0v) is 38.6. The standard InChI is InChI=1S/C46H88N8O7/c1-5-6-7-8-9-10-11-12-13-14-15-16-17-26-43(59)52-38(25-19-21-28-48)41(57)31-36(23-18-20-27-47)44(60)53-39(30-34(2)3)42(58)32-37(24-22-29-51-46(49)50)45(61)54-40(33-55)35(4)56/h34,36-40,55H,5-33,47-48H2,1-4H3,(H,52,59)(H,53,60)(H,54,61)(H4,49,50,51)/t36-,37-,38+,39+,40+/m1/s1. The number of hydrogen-bond acceptors (Lipinski definition) is 10. The molecule has 61 heavy (non-hydrogen) atoms. The lowest BCUT2D eigenvalue weighted by molar-refractivity contribution is -0.135. The van der Waals surface area contributed by atoms with Crippen molar-refractivity contribution in [2.24, 2.45) is 45.7 Å². The molecular formula is C46H88N8O7. The average Bonchev–Trinajstić information content (AvgIpc) is 3.21. The topological polar surface area (TPSA) is 275 Å². The third kappa shape index (κ3) is 30.3. The van der Waals surface area contributed by atoms with Crippen LogP contribution in [0.3, 0.4) is 0 Å². The van der Waals surface area contributed by atoms with Gasteiger partial charge in [0.05, 0.1) is 18.7 Å². The zero-order valence-electron chi connectivity index (χ0n) is 38.6. The Bertz CT molecular complexity index is 1260. The number of guanidine groups is 1. The summed E-state index contributed by atoms with van der Waals surface area (Å²) in [5, 5.41) is 18.1. The van der Waals surface area contributed by atoms with Gasteiger partial charge in [0.2, 0.25) is 17.7 Å². The molecule has 0 unspecified atom stereocenters. The van der Waals surface area contributed by atoms with E-state index in [1.807, 2.05) is 13.8 Å². The van der Waals surface area contributed by atoms with E-state index < -0.39 is 54.2 Å². The number of carbonyl (C=O) groups excluding carboxylic acids is 6. The van der Waals surface area contributed by atoms with Crippen LogP contribution in [0.4, 0.5) is 0 Å². The minimum atomic E-state index is -1.12. The van der Waals surface area contributed by atoms with Gasteiger partial charge in [-0.2, -0.15) is 0 Å². The summed E-state index contributed by atoms with van der Waals surface area (Å²) in [7, 11) is 0. The van der Waals surface area contributed by atoms with Crippen LogP contribution >= 0.6 is 0 Å². The average molecular weight is 865 g/mol. The van der Waals surface area contributed by atoms with Crippen molar-refractivity contribution in [3.05, 3.63) is 0 Å². The Labute approximate surface area is 368 Å². The SMILES string of the molecule is CCCCCCCCCCCCCCCC(=O)N[C@@H](CCCCN)C(=O)C[C@@H](CCCCN)C(=O)N[C@@H](CC(C)C)C(=O)C[C@@H](CCCN=C(N)N)C(=O)N[C@@H](CO)C(C)=O. The largest absolute Gasteiger partial charge is 0.394 e. The quantitative estimate of drug-likeness (QED) is 0.0230. The van der Waals surface area contributed by atoms with Crippen molar-refractivity contribution in [3.63, 3.8) is 0 Å². The van der Waals surface area contributed by atoms with Gasteiger partial charge in [-0.1, -0.05) is 104 Å². The van der Waals surface area contributed by atoms with E-state index in [4.69, 9.17) is 22.9 Å². The molecule has 15 heteroatoms. The van der Waals surface area contributed by atoms with Gasteiger partial charge in [-0.15, -0.1) is 0 Å². The van der Waals surface area contributed by atoms with Gasteiger partial charge in [-0.05, 0) is 83.7 Å². The molecule has 0 rings (SSSR count). The lowest BCUT2D eigenvalue weighted by Crippen LogP contribution is -2.48. The first kappa shape index (κ1) is 57.6. The molecule has 0 aliphatic rings. The van der Waals surface area contributed by atoms with E-state index in [1.165, 1.54) is 64.7 Å². The van der Waals surface area contributed by atoms with E-state index in [-0.39, 0.29) is 55.2 Å². The second kappa shape index (κ2) is 37.2. The summed E-state index contributed by atoms with van der Waals surface area (Å²) in [5.74, 6) is -4.02. The molecule has 0 aromatic heterocycles. The summed E-state index contributed by atoms with van der Waals surface area (Å²) in [6, 6.07) is -2.83. The van der Waals surface area contributed by atoms with Crippen LogP contribution in [0.2, 0.25) is 0 Å². The maximum Gasteiger partial charge on any atom is 0.224 e. The van der Waals surface area contributed by atoms with Crippen LogP contribution in [-0.4, -0.2) is 90.5 Å². The van der Waals surface area contributed by atoms with Crippen molar-refractivity contribution >= 4 is 41.0 Å². The summed E-state index contributed by atoms with van der Waals surface area (Å²) in [6.45, 7) is 7.82. The van der Waals surface area contributed by atoms with Crippen LogP contribution in [-0.2, 0) is 28.8 Å². The van der Waals surface area contributed by atoms with Crippen molar-refractivity contribution in [3.8, 4) is 0 Å². The van der Waals surface area contributed by atoms with E-state index in [2.05, 4.69) is 27.9 Å². The number of amides is 3. The highest BCUT2D eigenvalue weighted by Crippen LogP contribution is 2.21. The predicted molar refractivity (Wildman–Crippen MR) is 245 cm³/mol. The first-order valence-corrected chi connectivity index (χ1v) is 23.7. The fourth-order valence-corrected chi connectivity index (χ4v) is 7.48. The number of aliphatic hydroxyl groups is 1. The summed E-state index contributed by atoms with van der Waals surface area (Å²) in [6.07, 6.45) is 19.9. The lowest BCUT2D eigenvalue weighted by atomic mass is 9.88. The number of rotatable bonds is 41. The number of carbonyl (C=O) groups is 6. The van der Waals surface area contributed by atoms with Gasteiger partial charge >= 0.3 is 0 Å². The molecule has 0 heterocycles. The maximum absolute atomic E-state index is 14.0. The van der Waals surface area contributed by atoms with Crippen molar-refractivity contribution < 1.29 is 33.9 Å². The van der Waals surface area contributed by atoms with E-state index in [1.54, 1.807) is 0 Å². The molecule has 0 fully saturated rings. The molecule has 3 amide bonds. The number of aliphatic imine (C=N–C) groups is 1. The molecule has 15 nitrogen and oxygen atoms in total. The Balaban J connectivity index is 5.72. The Morgan fingerprint density at radius 2 is 1.03 bits per heavy atom. The fourth-order valence-electron chi connectivity index (χ4n) is 7.48. The Morgan fingerprint density at radius 3 is 1.49 bits per heavy atom. The summed E-state index contributed by atoms with van der Waals surface area (Å²) in [4.78, 5) is 84.3. The Hall–Kier alpha value is -3.43. The van der Waals surface area contributed by atoms with Crippen molar-refractivity contribution in [2.75, 3.05) is 26.2 Å². The molecule has 0 bridgehead atoms. The molecule has 0 radical (unpaired) electrons. The third-order valence-electron chi connectivity index (χ3n) is 11.2. The van der Waals surface area contributed by atoms with Crippen LogP contribution in [0.5, 0.6) is 0 Å². The maximum atomic E-state index is 14.0. The number of hydrogen-bond donors (Lipinski definition) is 8. The van der Waals surface area contributed by atoms with Gasteiger partial charge in [0.25, 0.3) is 0 Å². The second-order valence-electron chi connectivity index (χ2n) is 17.4. The summed E-state index contributed by atoms with van der Waals surface area (Å²) < 4.78 is 0. The van der Waals surface area contributed by atoms with Crippen molar-refractivity contribution in [1.82, 2.24) is 16.0 Å². The van der Waals surface area contributed by atoms with Crippen LogP contribution in [0, 0.1) is 17.8 Å². The third-order valence-corrected chi connectivity index (χ3v) is 11.2. The monoisotopic (exact) mass is 865 g/mol. The van der Waals surface area contributed by atoms with Gasteiger partial charge in [0.15, 0.2) is 23.3 Å². The van der Waals surface area contributed by atoms with Gasteiger partial charge in [0, 0.05) is 37.6 Å². The number of Topliss-reactive ketones (excluding diaryl/α,β-unsaturated/α-hetero) is 3. The molecule has 0 aromatic rings. The molecule has 0 saturated carbocycles. The van der Waals surface area contributed by atoms with Crippen molar-refractivity contribution in [1.29, 1.82) is 0 Å². The molecule has 12 N–H and O–H groups in total. The van der Waals surface area contributed by atoms with Crippen molar-refractivity contribution in [2.45, 2.75) is 206 Å². The smallest absolute Gasteiger partial charge is 0.224 e. The summed E-state index contributed by atoms with van der Waals surface area (Å²) in [5.41, 5.74) is 22.4. The molecule has 0 aliphatic carbocycles. The van der Waals surface area contributed by atoms with Gasteiger partial charge in [0.1, 0.15) is 6.04 Å². The second-order valence-corrected chi connectivity index (χ2v) is 17.4. The van der Waals surface area contributed by atoms with E-state index in [9.17, 15) is 33.9 Å². The predicted octanol–water partition coefficient (Wildman–Crippen LogP) is 5.01. The van der Waals surface area contributed by atoms with Crippen LogP contribution < -0.4 is 38.9 Å². The highest BCUT2D eigenvalue weighted by atomic mass is 16.3. The molecule has 0 aliphatic heterocycles. The highest BCUT2D eigenvalue weighted by molar-refractivity contribution is 5.96. The van der Waals surface area contributed by atoms with Crippen LogP contribution in [0.1, 0.15) is 188 Å². The minimum absolute atomic E-state index is 0.00533. The molecular weight excluding hydrogens is 777 g/mol. The number of ketones is 3. The Kier molecular flexibility index (Phi) is 35.1. The van der Waals surface area contributed by atoms with Crippen LogP contribution in [0.15, 0.2) is 4.99 Å². The lowest BCUT2D eigenvalue weighted by Gasteiger charge is -2.26. The zero-order chi connectivity index (χ0) is 45.8. The molecule has 0 aromatic carbocycles. The molecule has 0 spiro atoms.